The monoisotopic (exact) mass is 240 g/mol. The van der Waals surface area contributed by atoms with Gasteiger partial charge in [0.1, 0.15) is 0 Å². The summed E-state index contributed by atoms with van der Waals surface area (Å²) in [6.45, 7) is 6.98. The van der Waals surface area contributed by atoms with Crippen LogP contribution in [0.2, 0.25) is 0 Å². The molecular formula is C14H28N2O. The lowest BCUT2D eigenvalue weighted by molar-refractivity contribution is 0.0289. The molecule has 0 amide bonds. The fourth-order valence-corrected chi connectivity index (χ4v) is 3.40. The Hall–Kier alpha value is -0.120. The Morgan fingerprint density at radius 3 is 2.71 bits per heavy atom. The van der Waals surface area contributed by atoms with E-state index >= 15 is 0 Å². The summed E-state index contributed by atoms with van der Waals surface area (Å²) in [6.07, 6.45) is 5.99. The van der Waals surface area contributed by atoms with Gasteiger partial charge in [0.05, 0.1) is 6.10 Å². The molecule has 2 rings (SSSR count). The first-order chi connectivity index (χ1) is 8.20. The molecule has 3 nitrogen and oxygen atoms in total. The number of aliphatic hydroxyl groups excluding tert-OH is 1. The van der Waals surface area contributed by atoms with E-state index in [4.69, 9.17) is 0 Å². The van der Waals surface area contributed by atoms with Crippen molar-refractivity contribution in [3.05, 3.63) is 0 Å². The molecule has 1 saturated heterocycles. The summed E-state index contributed by atoms with van der Waals surface area (Å²) < 4.78 is 0. The summed E-state index contributed by atoms with van der Waals surface area (Å²) in [5, 5.41) is 10.1. The second-order valence-electron chi connectivity index (χ2n) is 5.92. The highest BCUT2D eigenvalue weighted by atomic mass is 16.3. The molecule has 0 spiro atoms. The van der Waals surface area contributed by atoms with Crippen LogP contribution >= 0.6 is 0 Å². The van der Waals surface area contributed by atoms with Crippen LogP contribution in [0.5, 0.6) is 0 Å². The number of hydrogen-bond donors (Lipinski definition) is 1. The Labute approximate surface area is 106 Å². The Morgan fingerprint density at radius 2 is 2.00 bits per heavy atom. The highest BCUT2D eigenvalue weighted by Gasteiger charge is 2.33. The van der Waals surface area contributed by atoms with Crippen molar-refractivity contribution in [2.45, 2.75) is 51.2 Å². The van der Waals surface area contributed by atoms with E-state index in [1.54, 1.807) is 0 Å². The van der Waals surface area contributed by atoms with Crippen molar-refractivity contribution in [3.63, 3.8) is 0 Å². The molecule has 100 valence electrons. The molecule has 0 aromatic carbocycles. The van der Waals surface area contributed by atoms with E-state index in [1.807, 2.05) is 0 Å². The Bertz CT molecular complexity index is 234. The van der Waals surface area contributed by atoms with E-state index in [0.717, 1.165) is 18.9 Å². The van der Waals surface area contributed by atoms with Crippen molar-refractivity contribution in [1.29, 1.82) is 0 Å². The van der Waals surface area contributed by atoms with Crippen LogP contribution in [0.25, 0.3) is 0 Å². The molecule has 2 fully saturated rings. The minimum atomic E-state index is -0.0635. The molecule has 0 aromatic heterocycles. The molecule has 17 heavy (non-hydrogen) atoms. The molecule has 0 radical (unpaired) electrons. The third-order valence-corrected chi connectivity index (χ3v) is 4.59. The maximum atomic E-state index is 10.1. The molecule has 1 saturated carbocycles. The maximum Gasteiger partial charge on any atom is 0.0695 e. The van der Waals surface area contributed by atoms with Gasteiger partial charge < -0.3 is 10.0 Å². The molecule has 3 heteroatoms. The minimum absolute atomic E-state index is 0.0635. The number of nitrogens with zero attached hydrogens (tertiary/aromatic N) is 2. The van der Waals surface area contributed by atoms with Crippen LogP contribution < -0.4 is 0 Å². The van der Waals surface area contributed by atoms with Crippen molar-refractivity contribution >= 4 is 0 Å². The average Bonchev–Trinajstić information content (AvgIpc) is 2.78. The lowest BCUT2D eigenvalue weighted by atomic mass is 9.91. The van der Waals surface area contributed by atoms with Gasteiger partial charge in [-0.1, -0.05) is 19.8 Å². The van der Waals surface area contributed by atoms with Crippen molar-refractivity contribution in [2.24, 2.45) is 5.92 Å². The predicted molar refractivity (Wildman–Crippen MR) is 71.1 cm³/mol. The molecule has 3 atom stereocenters. The van der Waals surface area contributed by atoms with Gasteiger partial charge in [0.2, 0.25) is 0 Å². The van der Waals surface area contributed by atoms with Gasteiger partial charge in [0.15, 0.2) is 0 Å². The largest absolute Gasteiger partial charge is 0.391 e. The summed E-state index contributed by atoms with van der Waals surface area (Å²) in [5.41, 5.74) is 0. The topological polar surface area (TPSA) is 26.7 Å². The summed E-state index contributed by atoms with van der Waals surface area (Å²) in [4.78, 5) is 4.96. The number of hydrogen-bond acceptors (Lipinski definition) is 3. The van der Waals surface area contributed by atoms with Gasteiger partial charge in [-0.05, 0) is 45.3 Å². The molecule has 1 aliphatic carbocycles. The Balaban J connectivity index is 1.80. The quantitative estimate of drug-likeness (QED) is 0.808. The average molecular weight is 240 g/mol. The zero-order valence-electron chi connectivity index (χ0n) is 11.4. The number of aliphatic hydroxyl groups is 1. The second kappa shape index (κ2) is 6.17. The number of rotatable bonds is 4. The minimum Gasteiger partial charge on any atom is -0.391 e. The summed E-state index contributed by atoms with van der Waals surface area (Å²) >= 11 is 0. The maximum absolute atomic E-state index is 10.1. The van der Waals surface area contributed by atoms with Crippen LogP contribution in [0.1, 0.15) is 39.0 Å². The summed E-state index contributed by atoms with van der Waals surface area (Å²) in [5.74, 6) is 0.814. The van der Waals surface area contributed by atoms with Gasteiger partial charge >= 0.3 is 0 Å². The third kappa shape index (κ3) is 3.43. The summed E-state index contributed by atoms with van der Waals surface area (Å²) in [7, 11) is 2.21. The van der Waals surface area contributed by atoms with Crippen LogP contribution in [0.15, 0.2) is 0 Å². The standard InChI is InChI=1S/C14H28N2O/c1-3-15(2)10-12-8-9-16(11-12)13-6-4-5-7-14(13)17/h12-14,17H,3-11H2,1-2H3. The van der Waals surface area contributed by atoms with Gasteiger partial charge in [-0.2, -0.15) is 0 Å². The predicted octanol–water partition coefficient (Wildman–Crippen LogP) is 1.56. The van der Waals surface area contributed by atoms with Gasteiger partial charge in [0.25, 0.3) is 0 Å². The molecule has 1 aliphatic heterocycles. The van der Waals surface area contributed by atoms with Gasteiger partial charge in [-0.15, -0.1) is 0 Å². The summed E-state index contributed by atoms with van der Waals surface area (Å²) in [6, 6.07) is 0.459. The molecular weight excluding hydrogens is 212 g/mol. The van der Waals surface area contributed by atoms with E-state index in [-0.39, 0.29) is 6.10 Å². The van der Waals surface area contributed by atoms with Crippen molar-refractivity contribution in [2.75, 3.05) is 33.2 Å². The SMILES string of the molecule is CCN(C)CC1CCN(C2CCCCC2O)C1. The van der Waals surface area contributed by atoms with E-state index < -0.39 is 0 Å². The van der Waals surface area contributed by atoms with Crippen molar-refractivity contribution < 1.29 is 5.11 Å². The Kier molecular flexibility index (Phi) is 4.83. The van der Waals surface area contributed by atoms with E-state index in [2.05, 4.69) is 23.8 Å². The van der Waals surface area contributed by atoms with Crippen LogP contribution in [-0.4, -0.2) is 60.3 Å². The van der Waals surface area contributed by atoms with Crippen LogP contribution in [0.4, 0.5) is 0 Å². The van der Waals surface area contributed by atoms with Gasteiger partial charge in [-0.25, -0.2) is 0 Å². The smallest absolute Gasteiger partial charge is 0.0695 e. The molecule has 0 aromatic rings. The van der Waals surface area contributed by atoms with Gasteiger partial charge in [-0.3, -0.25) is 4.90 Å². The molecule has 0 bridgehead atoms. The van der Waals surface area contributed by atoms with E-state index in [0.29, 0.717) is 6.04 Å². The molecule has 2 aliphatic rings. The first-order valence-corrected chi connectivity index (χ1v) is 7.31. The zero-order valence-corrected chi connectivity index (χ0v) is 11.4. The van der Waals surface area contributed by atoms with Crippen LogP contribution in [0.3, 0.4) is 0 Å². The van der Waals surface area contributed by atoms with E-state index in [1.165, 1.54) is 45.3 Å². The lowest BCUT2D eigenvalue weighted by Crippen LogP contribution is -2.44. The first-order valence-electron chi connectivity index (χ1n) is 7.31. The fourth-order valence-electron chi connectivity index (χ4n) is 3.40. The number of likely N-dealkylation sites (tertiary alicyclic amines) is 1. The molecule has 3 unspecified atom stereocenters. The lowest BCUT2D eigenvalue weighted by Gasteiger charge is -2.35. The third-order valence-electron chi connectivity index (χ3n) is 4.59. The first kappa shape index (κ1) is 13.3. The second-order valence-corrected chi connectivity index (χ2v) is 5.92. The van der Waals surface area contributed by atoms with Crippen LogP contribution in [0, 0.1) is 5.92 Å². The Morgan fingerprint density at radius 1 is 1.24 bits per heavy atom. The van der Waals surface area contributed by atoms with Crippen LogP contribution in [-0.2, 0) is 0 Å². The van der Waals surface area contributed by atoms with Crippen molar-refractivity contribution in [3.8, 4) is 0 Å². The fraction of sp³-hybridized carbons (Fsp3) is 1.00. The highest BCUT2D eigenvalue weighted by molar-refractivity contribution is 4.88. The molecule has 1 heterocycles. The molecule has 1 N–H and O–H groups in total. The normalized spacial score (nSPS) is 35.6. The zero-order chi connectivity index (χ0) is 12.3. The van der Waals surface area contributed by atoms with E-state index in [9.17, 15) is 5.11 Å². The van der Waals surface area contributed by atoms with Crippen molar-refractivity contribution in [1.82, 2.24) is 9.80 Å². The highest BCUT2D eigenvalue weighted by Crippen LogP contribution is 2.28. The van der Waals surface area contributed by atoms with Gasteiger partial charge in [0, 0.05) is 19.1 Å².